The Balaban J connectivity index is 2.10. The highest BCUT2D eigenvalue weighted by molar-refractivity contribution is 6.31. The quantitative estimate of drug-likeness (QED) is 0.874. The van der Waals surface area contributed by atoms with Gasteiger partial charge in [0.15, 0.2) is 0 Å². The molecule has 6 heteroatoms. The fourth-order valence-corrected chi connectivity index (χ4v) is 2.55. The smallest absolute Gasteiger partial charge is 0.237 e. The SMILES string of the molecule is CNC(=O)[C@H]1CCCCN1Cc1n[nH]c(C)c1Cl. The van der Waals surface area contributed by atoms with E-state index in [0.29, 0.717) is 11.6 Å². The number of carbonyl (C=O) groups excluding carboxylic acids is 1. The minimum absolute atomic E-state index is 0.0585. The molecule has 1 aliphatic heterocycles. The molecule has 0 spiro atoms. The monoisotopic (exact) mass is 270 g/mol. The molecule has 2 heterocycles. The Bertz CT molecular complexity index is 432. The molecule has 1 aromatic heterocycles. The highest BCUT2D eigenvalue weighted by Crippen LogP contribution is 2.23. The van der Waals surface area contributed by atoms with Gasteiger partial charge in [0.25, 0.3) is 0 Å². The number of hydrogen-bond donors (Lipinski definition) is 2. The Morgan fingerprint density at radius 2 is 2.39 bits per heavy atom. The molecule has 1 fully saturated rings. The lowest BCUT2D eigenvalue weighted by Crippen LogP contribution is -2.48. The van der Waals surface area contributed by atoms with E-state index >= 15 is 0 Å². The fraction of sp³-hybridized carbons (Fsp3) is 0.667. The van der Waals surface area contributed by atoms with Gasteiger partial charge in [-0.15, -0.1) is 0 Å². The fourth-order valence-electron chi connectivity index (χ4n) is 2.41. The molecule has 2 N–H and O–H groups in total. The normalized spacial score (nSPS) is 20.9. The summed E-state index contributed by atoms with van der Waals surface area (Å²) >= 11 is 6.17. The Morgan fingerprint density at radius 1 is 1.61 bits per heavy atom. The van der Waals surface area contributed by atoms with Crippen LogP contribution < -0.4 is 5.32 Å². The van der Waals surface area contributed by atoms with Gasteiger partial charge < -0.3 is 5.32 Å². The molecule has 100 valence electrons. The summed E-state index contributed by atoms with van der Waals surface area (Å²) in [7, 11) is 1.68. The predicted octanol–water partition coefficient (Wildman–Crippen LogP) is 1.47. The second-order valence-electron chi connectivity index (χ2n) is 4.71. The van der Waals surface area contributed by atoms with Crippen LogP contribution >= 0.6 is 11.6 Å². The van der Waals surface area contributed by atoms with Gasteiger partial charge in [-0.25, -0.2) is 0 Å². The zero-order chi connectivity index (χ0) is 13.1. The maximum atomic E-state index is 11.8. The average Bonchev–Trinajstić information content (AvgIpc) is 2.70. The number of nitrogens with one attached hydrogen (secondary N) is 2. The van der Waals surface area contributed by atoms with Crippen LogP contribution in [0.1, 0.15) is 30.7 Å². The standard InChI is InChI=1S/C12H19ClN4O/c1-8-11(13)9(16-15-8)7-17-6-4-3-5-10(17)12(18)14-2/h10H,3-7H2,1-2H3,(H,14,18)(H,15,16)/t10-/m1/s1. The topological polar surface area (TPSA) is 61.0 Å². The highest BCUT2D eigenvalue weighted by Gasteiger charge is 2.29. The predicted molar refractivity (Wildman–Crippen MR) is 70.5 cm³/mol. The molecule has 0 aromatic carbocycles. The first-order valence-corrected chi connectivity index (χ1v) is 6.66. The molecular weight excluding hydrogens is 252 g/mol. The first-order valence-electron chi connectivity index (χ1n) is 6.28. The van der Waals surface area contributed by atoms with Crippen molar-refractivity contribution in [3.63, 3.8) is 0 Å². The lowest BCUT2D eigenvalue weighted by molar-refractivity contribution is -0.127. The van der Waals surface area contributed by atoms with Crippen LogP contribution in [0, 0.1) is 6.92 Å². The molecule has 2 rings (SSSR count). The van der Waals surface area contributed by atoms with Gasteiger partial charge in [-0.3, -0.25) is 14.8 Å². The molecule has 0 bridgehead atoms. The van der Waals surface area contributed by atoms with Crippen LogP contribution in [-0.2, 0) is 11.3 Å². The van der Waals surface area contributed by atoms with Gasteiger partial charge in [-0.1, -0.05) is 18.0 Å². The van der Waals surface area contributed by atoms with Crippen molar-refractivity contribution in [2.75, 3.05) is 13.6 Å². The first-order chi connectivity index (χ1) is 8.63. The molecule has 0 unspecified atom stereocenters. The van der Waals surface area contributed by atoms with Crippen molar-refractivity contribution in [3.05, 3.63) is 16.4 Å². The van der Waals surface area contributed by atoms with E-state index in [2.05, 4.69) is 20.4 Å². The van der Waals surface area contributed by atoms with Crippen molar-refractivity contribution in [1.82, 2.24) is 20.4 Å². The molecule has 5 nitrogen and oxygen atoms in total. The van der Waals surface area contributed by atoms with Crippen LogP contribution in [0.5, 0.6) is 0 Å². The number of amides is 1. The number of hydrogen-bond acceptors (Lipinski definition) is 3. The van der Waals surface area contributed by atoms with Crippen LogP contribution in [0.2, 0.25) is 5.02 Å². The largest absolute Gasteiger partial charge is 0.358 e. The van der Waals surface area contributed by atoms with Crippen LogP contribution in [0.25, 0.3) is 0 Å². The van der Waals surface area contributed by atoms with Crippen molar-refractivity contribution >= 4 is 17.5 Å². The van der Waals surface area contributed by atoms with Gasteiger partial charge in [0.2, 0.25) is 5.91 Å². The number of likely N-dealkylation sites (N-methyl/N-ethyl adjacent to an activating group) is 1. The third-order valence-electron chi connectivity index (χ3n) is 3.46. The molecule has 0 saturated carbocycles. The molecule has 0 aliphatic carbocycles. The highest BCUT2D eigenvalue weighted by atomic mass is 35.5. The number of nitrogens with zero attached hydrogens (tertiary/aromatic N) is 2. The van der Waals surface area contributed by atoms with Crippen molar-refractivity contribution < 1.29 is 4.79 Å². The van der Waals surface area contributed by atoms with Crippen molar-refractivity contribution in [2.24, 2.45) is 0 Å². The summed E-state index contributed by atoms with van der Waals surface area (Å²) in [5, 5.41) is 10.5. The van der Waals surface area contributed by atoms with Gasteiger partial charge >= 0.3 is 0 Å². The van der Waals surface area contributed by atoms with Crippen molar-refractivity contribution in [1.29, 1.82) is 0 Å². The third kappa shape index (κ3) is 2.67. The van der Waals surface area contributed by atoms with Crippen LogP contribution in [0.15, 0.2) is 0 Å². The molecule has 0 radical (unpaired) electrons. The van der Waals surface area contributed by atoms with Crippen LogP contribution in [0.4, 0.5) is 0 Å². The summed E-state index contributed by atoms with van der Waals surface area (Å²) in [4.78, 5) is 14.0. The Hall–Kier alpha value is -1.07. The maximum Gasteiger partial charge on any atom is 0.237 e. The summed E-state index contributed by atoms with van der Waals surface area (Å²) in [6.45, 7) is 3.44. The average molecular weight is 271 g/mol. The molecule has 1 aromatic rings. The molecule has 1 aliphatic rings. The van der Waals surface area contributed by atoms with E-state index in [9.17, 15) is 4.79 Å². The maximum absolute atomic E-state index is 11.8. The first kappa shape index (κ1) is 13.4. The number of aryl methyl sites for hydroxylation is 1. The second-order valence-corrected chi connectivity index (χ2v) is 5.08. The molecule has 1 saturated heterocycles. The Morgan fingerprint density at radius 3 is 3.00 bits per heavy atom. The zero-order valence-electron chi connectivity index (χ0n) is 10.8. The number of rotatable bonds is 3. The second kappa shape index (κ2) is 5.71. The van der Waals surface area contributed by atoms with Crippen LogP contribution in [0.3, 0.4) is 0 Å². The summed E-state index contributed by atoms with van der Waals surface area (Å²) in [6, 6.07) is -0.0585. The third-order valence-corrected chi connectivity index (χ3v) is 3.96. The number of carbonyl (C=O) groups is 1. The van der Waals surface area contributed by atoms with Gasteiger partial charge in [0, 0.05) is 13.6 Å². The number of aromatic amines is 1. The van der Waals surface area contributed by atoms with E-state index in [1.807, 2.05) is 6.92 Å². The summed E-state index contributed by atoms with van der Waals surface area (Å²) < 4.78 is 0. The number of halogens is 1. The van der Waals surface area contributed by atoms with E-state index in [4.69, 9.17) is 11.6 Å². The molecule has 18 heavy (non-hydrogen) atoms. The Labute approximate surface area is 112 Å². The van der Waals surface area contributed by atoms with Gasteiger partial charge in [-0.05, 0) is 26.3 Å². The lowest BCUT2D eigenvalue weighted by Gasteiger charge is -2.33. The van der Waals surface area contributed by atoms with Gasteiger partial charge in [-0.2, -0.15) is 5.10 Å². The van der Waals surface area contributed by atoms with Gasteiger partial charge in [0.1, 0.15) is 0 Å². The van der Waals surface area contributed by atoms with E-state index < -0.39 is 0 Å². The number of likely N-dealkylation sites (tertiary alicyclic amines) is 1. The minimum atomic E-state index is -0.0585. The minimum Gasteiger partial charge on any atom is -0.358 e. The van der Waals surface area contributed by atoms with E-state index in [1.54, 1.807) is 7.05 Å². The van der Waals surface area contributed by atoms with Crippen molar-refractivity contribution in [3.8, 4) is 0 Å². The summed E-state index contributed by atoms with van der Waals surface area (Å²) in [5.41, 5.74) is 1.70. The molecular formula is C12H19ClN4O. The number of piperidine rings is 1. The Kier molecular flexibility index (Phi) is 4.24. The van der Waals surface area contributed by atoms with Crippen LogP contribution in [-0.4, -0.2) is 40.6 Å². The van der Waals surface area contributed by atoms with Gasteiger partial charge in [0.05, 0.1) is 22.5 Å². The number of H-pyrrole nitrogens is 1. The van der Waals surface area contributed by atoms with E-state index in [0.717, 1.165) is 37.2 Å². The molecule has 1 amide bonds. The van der Waals surface area contributed by atoms with E-state index in [1.165, 1.54) is 0 Å². The summed E-state index contributed by atoms with van der Waals surface area (Å²) in [6.07, 6.45) is 3.12. The number of aromatic nitrogens is 2. The molecule has 1 atom stereocenters. The van der Waals surface area contributed by atoms with E-state index in [-0.39, 0.29) is 11.9 Å². The lowest BCUT2D eigenvalue weighted by atomic mass is 10.0. The summed E-state index contributed by atoms with van der Waals surface area (Å²) in [5.74, 6) is 0.0816. The zero-order valence-corrected chi connectivity index (χ0v) is 11.5. The van der Waals surface area contributed by atoms with Crippen molar-refractivity contribution in [2.45, 2.75) is 38.8 Å².